The summed E-state index contributed by atoms with van der Waals surface area (Å²) in [6, 6.07) is 8.81. The van der Waals surface area contributed by atoms with E-state index in [4.69, 9.17) is 11.1 Å². The molecule has 1 saturated carbocycles. The average molecular weight is 406 g/mol. The second kappa shape index (κ2) is 7.89. The van der Waals surface area contributed by atoms with E-state index in [2.05, 4.69) is 4.98 Å². The Balaban J connectivity index is 1.63. The Hall–Kier alpha value is -3.22. The van der Waals surface area contributed by atoms with Crippen molar-refractivity contribution in [1.29, 1.82) is 5.41 Å². The quantitative estimate of drug-likeness (QED) is 0.747. The molecule has 156 valence electrons. The van der Waals surface area contributed by atoms with Gasteiger partial charge in [-0.3, -0.25) is 9.59 Å². The van der Waals surface area contributed by atoms with Gasteiger partial charge in [0.2, 0.25) is 5.91 Å². The van der Waals surface area contributed by atoms with E-state index < -0.39 is 0 Å². The van der Waals surface area contributed by atoms with Crippen LogP contribution in [0.25, 0.3) is 11.1 Å². The lowest BCUT2D eigenvalue weighted by Crippen LogP contribution is -2.57. The maximum Gasteiger partial charge on any atom is 0.254 e. The standard InChI is InChI=1S/C23H27N5O2/c1-14(24)19-12-18(13-26-21(19)25)16-4-3-5-17(11-16)22(29)28-9-8-27(2)23(30)20(28)10-15-6-7-15/h3-5,11-13,15,20,24H,6-10H2,1-2H3,(H2,25,26). The number of benzene rings is 1. The number of hydrogen-bond donors (Lipinski definition) is 2. The van der Waals surface area contributed by atoms with Crippen LogP contribution in [0.1, 0.15) is 42.1 Å². The number of carbonyl (C=O) groups excluding carboxylic acids is 2. The Labute approximate surface area is 176 Å². The lowest BCUT2D eigenvalue weighted by Gasteiger charge is -2.39. The number of nitrogen functional groups attached to an aromatic ring is 1. The van der Waals surface area contributed by atoms with E-state index in [1.165, 1.54) is 0 Å². The molecule has 0 bridgehead atoms. The number of piperazine rings is 1. The molecule has 2 aromatic rings. The van der Waals surface area contributed by atoms with E-state index in [0.29, 0.717) is 41.7 Å². The molecule has 1 saturated heterocycles. The van der Waals surface area contributed by atoms with Gasteiger partial charge < -0.3 is 20.9 Å². The fourth-order valence-electron chi connectivity index (χ4n) is 3.98. The van der Waals surface area contributed by atoms with Gasteiger partial charge in [0.05, 0.1) is 0 Å². The molecule has 7 heteroatoms. The van der Waals surface area contributed by atoms with Crippen molar-refractivity contribution in [3.63, 3.8) is 0 Å². The minimum Gasteiger partial charge on any atom is -0.383 e. The molecule has 1 aliphatic carbocycles. The van der Waals surface area contributed by atoms with Crippen LogP contribution in [0.3, 0.4) is 0 Å². The van der Waals surface area contributed by atoms with Crippen LogP contribution in [0.4, 0.5) is 5.82 Å². The molecule has 1 aromatic carbocycles. The topological polar surface area (TPSA) is 103 Å². The number of nitrogens with zero attached hydrogens (tertiary/aromatic N) is 3. The second-order valence-corrected chi connectivity index (χ2v) is 8.32. The normalized spacial score (nSPS) is 19.1. The summed E-state index contributed by atoms with van der Waals surface area (Å²) in [5, 5.41) is 7.88. The predicted octanol–water partition coefficient (Wildman–Crippen LogP) is 2.80. The highest BCUT2D eigenvalue weighted by atomic mass is 16.2. The van der Waals surface area contributed by atoms with Crippen molar-refractivity contribution >= 4 is 23.3 Å². The van der Waals surface area contributed by atoms with Crippen LogP contribution in [0.15, 0.2) is 36.5 Å². The van der Waals surface area contributed by atoms with E-state index in [-0.39, 0.29) is 17.9 Å². The van der Waals surface area contributed by atoms with Gasteiger partial charge in [-0.25, -0.2) is 4.98 Å². The van der Waals surface area contributed by atoms with Crippen LogP contribution in [0.2, 0.25) is 0 Å². The largest absolute Gasteiger partial charge is 0.383 e. The Kier molecular flexibility index (Phi) is 5.28. The Morgan fingerprint density at radius 2 is 2.00 bits per heavy atom. The number of nitrogens with two attached hydrogens (primary N) is 1. The summed E-state index contributed by atoms with van der Waals surface area (Å²) in [6.07, 6.45) is 4.69. The molecule has 2 fully saturated rings. The first-order chi connectivity index (χ1) is 14.3. The van der Waals surface area contributed by atoms with Crippen molar-refractivity contribution in [2.45, 2.75) is 32.2 Å². The zero-order chi connectivity index (χ0) is 21.4. The lowest BCUT2D eigenvalue weighted by molar-refractivity contribution is -0.139. The van der Waals surface area contributed by atoms with Gasteiger partial charge in [-0.15, -0.1) is 0 Å². The molecular weight excluding hydrogens is 378 g/mol. The third kappa shape index (κ3) is 3.92. The second-order valence-electron chi connectivity index (χ2n) is 8.32. The van der Waals surface area contributed by atoms with E-state index >= 15 is 0 Å². The van der Waals surface area contributed by atoms with Gasteiger partial charge in [0.1, 0.15) is 11.9 Å². The number of likely N-dealkylation sites (N-methyl/N-ethyl adjacent to an activating group) is 1. The minimum absolute atomic E-state index is 0.0338. The molecule has 0 spiro atoms. The third-order valence-corrected chi connectivity index (χ3v) is 5.99. The Morgan fingerprint density at radius 3 is 2.70 bits per heavy atom. The molecule has 30 heavy (non-hydrogen) atoms. The van der Waals surface area contributed by atoms with E-state index in [0.717, 1.165) is 30.4 Å². The molecule has 2 aliphatic rings. The van der Waals surface area contributed by atoms with E-state index in [1.54, 1.807) is 29.0 Å². The van der Waals surface area contributed by atoms with Gasteiger partial charge in [0.15, 0.2) is 0 Å². The van der Waals surface area contributed by atoms with Gasteiger partial charge in [-0.05, 0) is 43.0 Å². The van der Waals surface area contributed by atoms with E-state index in [9.17, 15) is 9.59 Å². The van der Waals surface area contributed by atoms with Crippen molar-refractivity contribution in [2.24, 2.45) is 5.92 Å². The summed E-state index contributed by atoms with van der Waals surface area (Å²) in [5.41, 5.74) is 8.98. The number of amides is 2. The van der Waals surface area contributed by atoms with Crippen molar-refractivity contribution < 1.29 is 9.59 Å². The maximum absolute atomic E-state index is 13.4. The zero-order valence-corrected chi connectivity index (χ0v) is 17.4. The van der Waals surface area contributed by atoms with Gasteiger partial charge in [-0.1, -0.05) is 25.0 Å². The minimum atomic E-state index is -0.377. The molecule has 3 N–H and O–H groups in total. The fourth-order valence-corrected chi connectivity index (χ4v) is 3.98. The number of aromatic nitrogens is 1. The number of anilines is 1. The Bertz CT molecular complexity index is 1010. The molecule has 7 nitrogen and oxygen atoms in total. The first-order valence-electron chi connectivity index (χ1n) is 10.3. The van der Waals surface area contributed by atoms with Crippen molar-refractivity contribution in [3.05, 3.63) is 47.7 Å². The first-order valence-corrected chi connectivity index (χ1v) is 10.3. The predicted molar refractivity (Wildman–Crippen MR) is 116 cm³/mol. The zero-order valence-electron chi connectivity index (χ0n) is 17.4. The van der Waals surface area contributed by atoms with Crippen molar-refractivity contribution in [1.82, 2.24) is 14.8 Å². The smallest absolute Gasteiger partial charge is 0.254 e. The molecule has 0 radical (unpaired) electrons. The number of rotatable bonds is 5. The number of nitrogens with one attached hydrogen (secondary N) is 1. The summed E-state index contributed by atoms with van der Waals surface area (Å²) in [5.74, 6) is 0.787. The van der Waals surface area contributed by atoms with Crippen LogP contribution in [-0.4, -0.2) is 58.5 Å². The SMILES string of the molecule is CC(=N)c1cc(-c2cccc(C(=O)N3CCN(C)C(=O)C3CC3CC3)c2)cnc1N. The number of carbonyl (C=O) groups is 2. The Morgan fingerprint density at radius 1 is 1.23 bits per heavy atom. The number of pyridine rings is 1. The fraction of sp³-hybridized carbons (Fsp3) is 0.391. The van der Waals surface area contributed by atoms with Gasteiger partial charge in [0, 0.05) is 48.7 Å². The third-order valence-electron chi connectivity index (χ3n) is 5.99. The van der Waals surface area contributed by atoms with Gasteiger partial charge in [0.25, 0.3) is 5.91 Å². The van der Waals surface area contributed by atoms with Crippen LogP contribution in [0.5, 0.6) is 0 Å². The number of hydrogen-bond acceptors (Lipinski definition) is 5. The highest BCUT2D eigenvalue weighted by molar-refractivity contribution is 6.02. The first kappa shape index (κ1) is 20.1. The summed E-state index contributed by atoms with van der Waals surface area (Å²) >= 11 is 0. The van der Waals surface area contributed by atoms with Crippen LogP contribution < -0.4 is 5.73 Å². The van der Waals surface area contributed by atoms with Crippen LogP contribution >= 0.6 is 0 Å². The van der Waals surface area contributed by atoms with Crippen LogP contribution in [-0.2, 0) is 4.79 Å². The van der Waals surface area contributed by atoms with Crippen molar-refractivity contribution in [2.75, 3.05) is 25.9 Å². The van der Waals surface area contributed by atoms with Crippen molar-refractivity contribution in [3.8, 4) is 11.1 Å². The molecule has 1 unspecified atom stereocenters. The molecule has 2 amide bonds. The summed E-state index contributed by atoms with van der Waals surface area (Å²) in [6.45, 7) is 2.76. The lowest BCUT2D eigenvalue weighted by atomic mass is 9.99. The molecule has 1 aromatic heterocycles. The maximum atomic E-state index is 13.4. The van der Waals surface area contributed by atoms with Gasteiger partial charge in [-0.2, -0.15) is 0 Å². The monoisotopic (exact) mass is 405 g/mol. The highest BCUT2D eigenvalue weighted by Gasteiger charge is 2.39. The molecule has 1 atom stereocenters. The molecule has 2 heterocycles. The van der Waals surface area contributed by atoms with Gasteiger partial charge >= 0.3 is 0 Å². The van der Waals surface area contributed by atoms with E-state index in [1.807, 2.05) is 31.3 Å². The average Bonchev–Trinajstić information content (AvgIpc) is 3.55. The van der Waals surface area contributed by atoms with Crippen LogP contribution in [0, 0.1) is 11.3 Å². The summed E-state index contributed by atoms with van der Waals surface area (Å²) in [4.78, 5) is 33.8. The summed E-state index contributed by atoms with van der Waals surface area (Å²) in [7, 11) is 1.81. The molecule has 4 rings (SSSR count). The highest BCUT2D eigenvalue weighted by Crippen LogP contribution is 2.36. The molecule has 1 aliphatic heterocycles. The molecular formula is C23H27N5O2. The summed E-state index contributed by atoms with van der Waals surface area (Å²) < 4.78 is 0.